The van der Waals surface area contributed by atoms with Gasteiger partial charge in [-0.25, -0.2) is 15.0 Å². The molecule has 0 bridgehead atoms. The summed E-state index contributed by atoms with van der Waals surface area (Å²) >= 11 is 4.76. The van der Waals surface area contributed by atoms with Crippen molar-refractivity contribution in [3.63, 3.8) is 0 Å². The Morgan fingerprint density at radius 3 is 2.76 bits per heavy atom. The smallest absolute Gasteiger partial charge is 0.253 e. The zero-order valence-electron chi connectivity index (χ0n) is 15.3. The van der Waals surface area contributed by atoms with Crippen molar-refractivity contribution < 1.29 is 4.79 Å². The van der Waals surface area contributed by atoms with E-state index in [0.717, 1.165) is 37.8 Å². The standard InChI is InChI=1S/C21H16N4OS3/c26-20(12-29-21-14-5-1-2-6-15(14)22-13-23-21)25-17(19-8-4-10-28-19)11-16(24-25)18-7-3-9-27-18/h1-10,13,17H,11-12H2/t17-/m0/s1. The lowest BCUT2D eigenvalue weighted by Crippen LogP contribution is -2.28. The Morgan fingerprint density at radius 1 is 1.07 bits per heavy atom. The molecule has 0 saturated carbocycles. The average molecular weight is 437 g/mol. The Labute approximate surface area is 180 Å². The van der Waals surface area contributed by atoms with Gasteiger partial charge in [0.05, 0.1) is 27.9 Å². The number of hydrogen-bond acceptors (Lipinski definition) is 7. The lowest BCUT2D eigenvalue weighted by molar-refractivity contribution is -0.130. The Morgan fingerprint density at radius 2 is 1.93 bits per heavy atom. The second kappa shape index (κ2) is 8.06. The summed E-state index contributed by atoms with van der Waals surface area (Å²) in [7, 11) is 0. The van der Waals surface area contributed by atoms with E-state index in [-0.39, 0.29) is 17.7 Å². The first-order valence-electron chi connectivity index (χ1n) is 9.09. The molecule has 0 aliphatic carbocycles. The van der Waals surface area contributed by atoms with Gasteiger partial charge in [0.15, 0.2) is 0 Å². The van der Waals surface area contributed by atoms with Gasteiger partial charge in [0.1, 0.15) is 11.4 Å². The van der Waals surface area contributed by atoms with Crippen LogP contribution >= 0.6 is 34.4 Å². The number of thiophene rings is 2. The average Bonchev–Trinajstić information content (AvgIpc) is 3.52. The molecule has 144 valence electrons. The molecule has 3 aromatic heterocycles. The van der Waals surface area contributed by atoms with E-state index in [2.05, 4.69) is 22.1 Å². The number of carbonyl (C=O) groups excluding carboxylic acids is 1. The highest BCUT2D eigenvalue weighted by Crippen LogP contribution is 2.36. The molecule has 0 spiro atoms. The van der Waals surface area contributed by atoms with Crippen LogP contribution in [0.15, 0.2) is 75.7 Å². The van der Waals surface area contributed by atoms with Crippen LogP contribution in [-0.4, -0.2) is 32.3 Å². The maximum absolute atomic E-state index is 13.1. The van der Waals surface area contributed by atoms with Gasteiger partial charge < -0.3 is 0 Å². The number of para-hydroxylation sites is 1. The van der Waals surface area contributed by atoms with Crippen LogP contribution in [-0.2, 0) is 4.79 Å². The van der Waals surface area contributed by atoms with Crippen molar-refractivity contribution in [2.45, 2.75) is 17.5 Å². The van der Waals surface area contributed by atoms with Gasteiger partial charge in [-0.1, -0.05) is 42.1 Å². The number of hydrogen-bond donors (Lipinski definition) is 0. The highest BCUT2D eigenvalue weighted by atomic mass is 32.2. The predicted octanol–water partition coefficient (Wildman–Crippen LogP) is 5.22. The fourth-order valence-electron chi connectivity index (χ4n) is 3.33. The van der Waals surface area contributed by atoms with Crippen molar-refractivity contribution in [3.8, 4) is 0 Å². The van der Waals surface area contributed by atoms with E-state index in [1.54, 1.807) is 34.0 Å². The van der Waals surface area contributed by atoms with Crippen LogP contribution in [0.4, 0.5) is 0 Å². The molecule has 0 N–H and O–H groups in total. The van der Waals surface area contributed by atoms with Crippen LogP contribution in [0.2, 0.25) is 0 Å². The summed E-state index contributed by atoms with van der Waals surface area (Å²) in [6, 6.07) is 16.0. The summed E-state index contributed by atoms with van der Waals surface area (Å²) in [6.45, 7) is 0. The maximum atomic E-state index is 13.1. The number of carbonyl (C=O) groups is 1. The zero-order valence-corrected chi connectivity index (χ0v) is 17.7. The van der Waals surface area contributed by atoms with Crippen molar-refractivity contribution in [1.29, 1.82) is 0 Å². The van der Waals surface area contributed by atoms with E-state index in [9.17, 15) is 4.79 Å². The monoisotopic (exact) mass is 436 g/mol. The van der Waals surface area contributed by atoms with Gasteiger partial charge in [-0.3, -0.25) is 4.79 Å². The molecule has 0 fully saturated rings. The van der Waals surface area contributed by atoms with E-state index >= 15 is 0 Å². The number of nitrogens with zero attached hydrogens (tertiary/aromatic N) is 4. The molecular formula is C21H16N4OS3. The molecule has 29 heavy (non-hydrogen) atoms. The van der Waals surface area contributed by atoms with Gasteiger partial charge in [0, 0.05) is 16.7 Å². The van der Waals surface area contributed by atoms with E-state index in [0.29, 0.717) is 0 Å². The van der Waals surface area contributed by atoms with Crippen LogP contribution in [0.1, 0.15) is 22.2 Å². The van der Waals surface area contributed by atoms with E-state index in [1.165, 1.54) is 11.8 Å². The molecule has 0 saturated heterocycles. The van der Waals surface area contributed by atoms with Crippen LogP contribution in [0.25, 0.3) is 10.9 Å². The molecule has 1 atom stereocenters. The Kier molecular flexibility index (Phi) is 5.13. The van der Waals surface area contributed by atoms with Crippen LogP contribution in [0, 0.1) is 0 Å². The Bertz CT molecular complexity index is 1170. The number of hydrazone groups is 1. The number of thioether (sulfide) groups is 1. The maximum Gasteiger partial charge on any atom is 0.253 e. The van der Waals surface area contributed by atoms with E-state index in [1.807, 2.05) is 47.2 Å². The molecule has 1 aliphatic rings. The van der Waals surface area contributed by atoms with Gasteiger partial charge >= 0.3 is 0 Å². The van der Waals surface area contributed by atoms with Gasteiger partial charge in [-0.05, 0) is 29.0 Å². The molecule has 0 unspecified atom stereocenters. The molecule has 4 heterocycles. The quantitative estimate of drug-likeness (QED) is 0.318. The van der Waals surface area contributed by atoms with Crippen molar-refractivity contribution >= 4 is 57.0 Å². The SMILES string of the molecule is O=C(CSc1ncnc2ccccc12)N1N=C(c2cccs2)C[C@H]1c1cccs1. The summed E-state index contributed by atoms with van der Waals surface area (Å²) in [5, 5.41) is 12.2. The van der Waals surface area contributed by atoms with Gasteiger partial charge in [-0.2, -0.15) is 5.10 Å². The Hall–Kier alpha value is -2.55. The van der Waals surface area contributed by atoms with Crippen molar-refractivity contribution in [3.05, 3.63) is 75.4 Å². The normalized spacial score (nSPS) is 16.3. The van der Waals surface area contributed by atoms with E-state index < -0.39 is 0 Å². The van der Waals surface area contributed by atoms with Crippen LogP contribution in [0.3, 0.4) is 0 Å². The van der Waals surface area contributed by atoms with Crippen molar-refractivity contribution in [2.75, 3.05) is 5.75 Å². The molecule has 5 nitrogen and oxygen atoms in total. The number of benzene rings is 1. The van der Waals surface area contributed by atoms with Crippen molar-refractivity contribution in [1.82, 2.24) is 15.0 Å². The van der Waals surface area contributed by atoms with Crippen LogP contribution < -0.4 is 0 Å². The van der Waals surface area contributed by atoms with Gasteiger partial charge in [-0.15, -0.1) is 22.7 Å². The van der Waals surface area contributed by atoms with E-state index in [4.69, 9.17) is 5.10 Å². The third kappa shape index (κ3) is 3.71. The Balaban J connectivity index is 1.39. The fraction of sp³-hybridized carbons (Fsp3) is 0.143. The topological polar surface area (TPSA) is 58.5 Å². The first kappa shape index (κ1) is 18.5. The summed E-state index contributed by atoms with van der Waals surface area (Å²) in [4.78, 5) is 24.1. The second-order valence-corrected chi connectivity index (χ2v) is 9.37. The summed E-state index contributed by atoms with van der Waals surface area (Å²) < 4.78 is 0. The number of aromatic nitrogens is 2. The highest BCUT2D eigenvalue weighted by Gasteiger charge is 2.34. The predicted molar refractivity (Wildman–Crippen MR) is 120 cm³/mol. The number of rotatable bonds is 5. The summed E-state index contributed by atoms with van der Waals surface area (Å²) in [5.41, 5.74) is 1.86. The molecule has 0 radical (unpaired) electrons. The second-order valence-electron chi connectivity index (χ2n) is 6.48. The summed E-state index contributed by atoms with van der Waals surface area (Å²) in [5.74, 6) is 0.270. The van der Waals surface area contributed by atoms with Crippen molar-refractivity contribution in [2.24, 2.45) is 5.10 Å². The van der Waals surface area contributed by atoms with Crippen LogP contribution in [0.5, 0.6) is 0 Å². The fourth-order valence-corrected chi connectivity index (χ4v) is 5.70. The minimum Gasteiger partial charge on any atom is -0.272 e. The molecule has 8 heteroatoms. The number of fused-ring (bicyclic) bond motifs is 1. The minimum atomic E-state index is -0.0395. The lowest BCUT2D eigenvalue weighted by atomic mass is 10.1. The minimum absolute atomic E-state index is 0.0114. The molecule has 1 aromatic carbocycles. The largest absolute Gasteiger partial charge is 0.272 e. The molecular weight excluding hydrogens is 420 g/mol. The third-order valence-electron chi connectivity index (χ3n) is 4.68. The number of amides is 1. The van der Waals surface area contributed by atoms with Gasteiger partial charge in [0.25, 0.3) is 5.91 Å². The zero-order chi connectivity index (χ0) is 19.6. The molecule has 1 amide bonds. The lowest BCUT2D eigenvalue weighted by Gasteiger charge is -2.20. The third-order valence-corrected chi connectivity index (χ3v) is 7.56. The first-order valence-corrected chi connectivity index (χ1v) is 11.8. The molecule has 4 aromatic rings. The summed E-state index contributed by atoms with van der Waals surface area (Å²) in [6.07, 6.45) is 2.29. The first-order chi connectivity index (χ1) is 14.3. The highest BCUT2D eigenvalue weighted by molar-refractivity contribution is 8.00. The molecule has 1 aliphatic heterocycles. The molecule has 5 rings (SSSR count). The van der Waals surface area contributed by atoms with Gasteiger partial charge in [0.2, 0.25) is 0 Å².